The number of rotatable bonds is 20. The van der Waals surface area contributed by atoms with Gasteiger partial charge < -0.3 is 9.47 Å². The van der Waals surface area contributed by atoms with Gasteiger partial charge in [-0.25, -0.2) is 0 Å². The van der Waals surface area contributed by atoms with E-state index in [2.05, 4.69) is 6.92 Å². The van der Waals surface area contributed by atoms with Gasteiger partial charge in [-0.1, -0.05) is 90.9 Å². The average molecular weight is 413 g/mol. The highest BCUT2D eigenvalue weighted by atomic mass is 16.5. The molecule has 29 heavy (non-hydrogen) atoms. The Morgan fingerprint density at radius 1 is 0.621 bits per heavy atom. The van der Waals surface area contributed by atoms with Crippen molar-refractivity contribution >= 4 is 11.9 Å². The zero-order valence-corrected chi connectivity index (χ0v) is 19.8. The Kier molecular flexibility index (Phi) is 19.5. The normalized spacial score (nSPS) is 13.1. The van der Waals surface area contributed by atoms with Crippen LogP contribution in [0.1, 0.15) is 124 Å². The molecule has 0 heterocycles. The fourth-order valence-corrected chi connectivity index (χ4v) is 3.67. The van der Waals surface area contributed by atoms with Gasteiger partial charge in [-0.05, 0) is 32.6 Å². The van der Waals surface area contributed by atoms with Crippen molar-refractivity contribution in [3.63, 3.8) is 0 Å². The fraction of sp³-hybridized carbons (Fsp3) is 0.920. The smallest absolute Gasteiger partial charge is 0.308 e. The lowest BCUT2D eigenvalue weighted by atomic mass is 9.90. The number of hydrogen-bond donors (Lipinski definition) is 0. The van der Waals surface area contributed by atoms with E-state index in [0.29, 0.717) is 25.6 Å². The van der Waals surface area contributed by atoms with Gasteiger partial charge in [0.25, 0.3) is 0 Å². The maximum atomic E-state index is 11.7. The first-order valence-electron chi connectivity index (χ1n) is 12.3. The van der Waals surface area contributed by atoms with E-state index < -0.39 is 0 Å². The Morgan fingerprint density at radius 2 is 1.03 bits per heavy atom. The minimum Gasteiger partial charge on any atom is -0.466 e. The van der Waals surface area contributed by atoms with Crippen LogP contribution in [0.2, 0.25) is 0 Å². The molecular weight excluding hydrogens is 364 g/mol. The molecule has 0 rings (SSSR count). The van der Waals surface area contributed by atoms with Crippen molar-refractivity contribution in [2.75, 3.05) is 13.2 Å². The molecule has 0 aromatic carbocycles. The molecule has 0 spiro atoms. The van der Waals surface area contributed by atoms with Crippen molar-refractivity contribution in [2.45, 2.75) is 124 Å². The van der Waals surface area contributed by atoms with Crippen molar-refractivity contribution in [2.24, 2.45) is 11.8 Å². The Hall–Kier alpha value is -1.06. The highest BCUT2D eigenvalue weighted by Gasteiger charge is 2.20. The summed E-state index contributed by atoms with van der Waals surface area (Å²) in [6.45, 7) is 8.86. The van der Waals surface area contributed by atoms with E-state index in [9.17, 15) is 9.59 Å². The highest BCUT2D eigenvalue weighted by molar-refractivity contribution is 5.72. The Morgan fingerprint density at radius 3 is 1.48 bits per heavy atom. The molecule has 0 amide bonds. The second-order valence-corrected chi connectivity index (χ2v) is 8.46. The number of esters is 2. The predicted octanol–water partition coefficient (Wildman–Crippen LogP) is 7.24. The van der Waals surface area contributed by atoms with Gasteiger partial charge in [-0.2, -0.15) is 0 Å². The van der Waals surface area contributed by atoms with Crippen molar-refractivity contribution in [3.05, 3.63) is 0 Å². The summed E-state index contributed by atoms with van der Waals surface area (Å²) in [7, 11) is 0. The molecule has 4 heteroatoms. The van der Waals surface area contributed by atoms with Crippen molar-refractivity contribution in [1.29, 1.82) is 0 Å². The van der Waals surface area contributed by atoms with Crippen LogP contribution in [-0.2, 0) is 19.1 Å². The van der Waals surface area contributed by atoms with E-state index in [1.807, 2.05) is 20.8 Å². The Bertz CT molecular complexity index is 394. The third-order valence-corrected chi connectivity index (χ3v) is 5.86. The molecule has 2 unspecified atom stereocenters. The molecule has 0 aromatic rings. The van der Waals surface area contributed by atoms with Crippen LogP contribution in [0.5, 0.6) is 0 Å². The standard InChI is InChI=1S/C25H48O4/c1-5-28-24(26)21-19-17-15-13-11-9-7-8-10-12-14-16-18-20-22(3)23(4)25(27)29-6-2/h22-23H,5-21H2,1-4H3. The van der Waals surface area contributed by atoms with Gasteiger partial charge >= 0.3 is 11.9 Å². The second kappa shape index (κ2) is 20.2. The van der Waals surface area contributed by atoms with E-state index in [0.717, 1.165) is 19.3 Å². The molecule has 0 aliphatic rings. The summed E-state index contributed by atoms with van der Waals surface area (Å²) in [6.07, 6.45) is 18.3. The molecule has 0 aliphatic heterocycles. The molecule has 172 valence electrons. The third-order valence-electron chi connectivity index (χ3n) is 5.86. The topological polar surface area (TPSA) is 52.6 Å². The van der Waals surface area contributed by atoms with E-state index in [1.165, 1.54) is 70.6 Å². The number of hydrogen-bond acceptors (Lipinski definition) is 4. The molecule has 0 radical (unpaired) electrons. The lowest BCUT2D eigenvalue weighted by molar-refractivity contribution is -0.149. The Balaban J connectivity index is 3.30. The summed E-state index contributed by atoms with van der Waals surface area (Å²) in [5, 5.41) is 0. The van der Waals surface area contributed by atoms with Gasteiger partial charge in [-0.3, -0.25) is 9.59 Å². The van der Waals surface area contributed by atoms with Crippen LogP contribution in [0, 0.1) is 11.8 Å². The highest BCUT2D eigenvalue weighted by Crippen LogP contribution is 2.20. The van der Waals surface area contributed by atoms with Crippen LogP contribution in [0.25, 0.3) is 0 Å². The van der Waals surface area contributed by atoms with Gasteiger partial charge in [0.2, 0.25) is 0 Å². The third kappa shape index (κ3) is 17.5. The molecule has 0 fully saturated rings. The lowest BCUT2D eigenvalue weighted by Crippen LogP contribution is -2.21. The molecule has 2 atom stereocenters. The molecule has 0 bridgehead atoms. The van der Waals surface area contributed by atoms with Crippen molar-refractivity contribution in [1.82, 2.24) is 0 Å². The quantitative estimate of drug-likeness (QED) is 0.156. The van der Waals surface area contributed by atoms with Gasteiger partial charge in [-0.15, -0.1) is 0 Å². The first kappa shape index (κ1) is 27.9. The molecule has 0 aromatic heterocycles. The van der Waals surface area contributed by atoms with Gasteiger partial charge in [0.15, 0.2) is 0 Å². The van der Waals surface area contributed by atoms with Crippen LogP contribution in [-0.4, -0.2) is 25.2 Å². The predicted molar refractivity (Wildman–Crippen MR) is 121 cm³/mol. The Labute approximate surface area is 180 Å². The van der Waals surface area contributed by atoms with Crippen LogP contribution in [0.3, 0.4) is 0 Å². The fourth-order valence-electron chi connectivity index (χ4n) is 3.67. The summed E-state index contributed by atoms with van der Waals surface area (Å²) in [6, 6.07) is 0. The van der Waals surface area contributed by atoms with Crippen molar-refractivity contribution in [3.8, 4) is 0 Å². The van der Waals surface area contributed by atoms with Gasteiger partial charge in [0.05, 0.1) is 19.1 Å². The van der Waals surface area contributed by atoms with E-state index in [1.54, 1.807) is 0 Å². The van der Waals surface area contributed by atoms with Crippen LogP contribution in [0.4, 0.5) is 0 Å². The molecule has 0 aliphatic carbocycles. The molecular formula is C25H48O4. The van der Waals surface area contributed by atoms with Gasteiger partial charge in [0, 0.05) is 6.42 Å². The second-order valence-electron chi connectivity index (χ2n) is 8.46. The number of unbranched alkanes of at least 4 members (excludes halogenated alkanes) is 12. The zero-order valence-electron chi connectivity index (χ0n) is 19.8. The van der Waals surface area contributed by atoms with Crippen LogP contribution >= 0.6 is 0 Å². The summed E-state index contributed by atoms with van der Waals surface area (Å²) < 4.78 is 10.0. The molecule has 0 saturated heterocycles. The minimum absolute atomic E-state index is 0.0208. The molecule has 0 saturated carbocycles. The molecule has 0 N–H and O–H groups in total. The van der Waals surface area contributed by atoms with Gasteiger partial charge in [0.1, 0.15) is 0 Å². The summed E-state index contributed by atoms with van der Waals surface area (Å²) in [5.41, 5.74) is 0. The zero-order chi connectivity index (χ0) is 21.7. The van der Waals surface area contributed by atoms with Crippen LogP contribution < -0.4 is 0 Å². The van der Waals surface area contributed by atoms with E-state index >= 15 is 0 Å². The van der Waals surface area contributed by atoms with Crippen LogP contribution in [0.15, 0.2) is 0 Å². The van der Waals surface area contributed by atoms with E-state index in [4.69, 9.17) is 9.47 Å². The first-order chi connectivity index (χ1) is 14.0. The maximum Gasteiger partial charge on any atom is 0.308 e. The lowest BCUT2D eigenvalue weighted by Gasteiger charge is -2.18. The molecule has 4 nitrogen and oxygen atoms in total. The maximum absolute atomic E-state index is 11.7. The SMILES string of the molecule is CCOC(=O)CCCCCCCCCCCCCCCC(C)C(C)C(=O)OCC. The van der Waals surface area contributed by atoms with E-state index in [-0.39, 0.29) is 17.9 Å². The largest absolute Gasteiger partial charge is 0.466 e. The minimum atomic E-state index is -0.0479. The summed E-state index contributed by atoms with van der Waals surface area (Å²) >= 11 is 0. The summed E-state index contributed by atoms with van der Waals surface area (Å²) in [5.74, 6) is 0.344. The average Bonchev–Trinajstić information content (AvgIpc) is 2.70. The number of carbonyl (C=O) groups is 2. The number of ether oxygens (including phenoxy) is 2. The first-order valence-corrected chi connectivity index (χ1v) is 12.3. The monoisotopic (exact) mass is 412 g/mol. The van der Waals surface area contributed by atoms with Crippen molar-refractivity contribution < 1.29 is 19.1 Å². The summed E-state index contributed by atoms with van der Waals surface area (Å²) in [4.78, 5) is 23.0. The number of carbonyl (C=O) groups excluding carboxylic acids is 2.